The van der Waals surface area contributed by atoms with Crippen molar-refractivity contribution in [3.63, 3.8) is 0 Å². The van der Waals surface area contributed by atoms with Gasteiger partial charge in [-0.25, -0.2) is 9.37 Å². The van der Waals surface area contributed by atoms with Crippen LogP contribution in [0.4, 0.5) is 4.39 Å². The molecule has 1 aromatic carbocycles. The van der Waals surface area contributed by atoms with E-state index in [0.717, 1.165) is 0 Å². The highest BCUT2D eigenvalue weighted by Gasteiger charge is 2.12. The van der Waals surface area contributed by atoms with Crippen LogP contribution in [0, 0.1) is 5.82 Å². The first kappa shape index (κ1) is 13.5. The van der Waals surface area contributed by atoms with Crippen LogP contribution in [0.25, 0.3) is 11.4 Å². The number of halogens is 1. The van der Waals surface area contributed by atoms with Gasteiger partial charge in [0.25, 0.3) is 0 Å². The van der Waals surface area contributed by atoms with Crippen LogP contribution in [0.3, 0.4) is 0 Å². The number of hydrogen-bond donors (Lipinski definition) is 1. The minimum absolute atomic E-state index is 0.0257. The predicted octanol–water partition coefficient (Wildman–Crippen LogP) is 1.79. The van der Waals surface area contributed by atoms with E-state index < -0.39 is 0 Å². The number of amides is 1. The van der Waals surface area contributed by atoms with Gasteiger partial charge in [-0.05, 0) is 12.1 Å². The Bertz CT molecular complexity index is 585. The Balaban J connectivity index is 2.08. The van der Waals surface area contributed by atoms with Crippen LogP contribution in [0.1, 0.15) is 0 Å². The van der Waals surface area contributed by atoms with E-state index in [4.69, 9.17) is 0 Å². The number of aromatic nitrogens is 3. The molecule has 0 saturated carbocycles. The molecule has 7 heteroatoms. The van der Waals surface area contributed by atoms with Gasteiger partial charge in [0, 0.05) is 14.1 Å². The number of hydrogen-bond acceptors (Lipinski definition) is 4. The highest BCUT2D eigenvalue weighted by molar-refractivity contribution is 7.99. The standard InChI is InChI=1S/C12H13FN4OS/c1-17(2)10(18)7-19-12-14-11(15-16-12)8-5-3-4-6-9(8)13/h3-6H,7H2,1-2H3,(H,14,15,16). The van der Waals surface area contributed by atoms with Gasteiger partial charge in [0.2, 0.25) is 11.1 Å². The molecule has 1 amide bonds. The number of carbonyl (C=O) groups is 1. The molecule has 0 spiro atoms. The van der Waals surface area contributed by atoms with Gasteiger partial charge >= 0.3 is 0 Å². The molecule has 0 atom stereocenters. The Hall–Kier alpha value is -1.89. The van der Waals surface area contributed by atoms with Crippen molar-refractivity contribution in [3.8, 4) is 11.4 Å². The van der Waals surface area contributed by atoms with Crippen molar-refractivity contribution in [2.75, 3.05) is 19.8 Å². The van der Waals surface area contributed by atoms with E-state index in [-0.39, 0.29) is 17.5 Å². The molecular formula is C12H13FN4OS. The van der Waals surface area contributed by atoms with Gasteiger partial charge in [0.05, 0.1) is 11.3 Å². The second-order valence-electron chi connectivity index (χ2n) is 4.02. The Labute approximate surface area is 114 Å². The summed E-state index contributed by atoms with van der Waals surface area (Å²) in [6.07, 6.45) is 0. The van der Waals surface area contributed by atoms with Crippen molar-refractivity contribution in [2.45, 2.75) is 5.16 Å². The number of benzene rings is 1. The van der Waals surface area contributed by atoms with E-state index in [0.29, 0.717) is 16.5 Å². The molecular weight excluding hydrogens is 267 g/mol. The first-order valence-electron chi connectivity index (χ1n) is 5.58. The maximum absolute atomic E-state index is 13.5. The lowest BCUT2D eigenvalue weighted by Gasteiger charge is -2.07. The van der Waals surface area contributed by atoms with Gasteiger partial charge in [0.1, 0.15) is 5.82 Å². The van der Waals surface area contributed by atoms with Gasteiger partial charge in [0.15, 0.2) is 5.82 Å². The van der Waals surface area contributed by atoms with Crippen molar-refractivity contribution in [3.05, 3.63) is 30.1 Å². The van der Waals surface area contributed by atoms with Crippen LogP contribution in [0.5, 0.6) is 0 Å². The molecule has 1 aromatic heterocycles. The molecule has 0 aliphatic heterocycles. The van der Waals surface area contributed by atoms with Crippen LogP contribution in [-0.4, -0.2) is 45.8 Å². The molecule has 0 unspecified atom stereocenters. The first-order valence-corrected chi connectivity index (χ1v) is 6.56. The number of carbonyl (C=O) groups excluding carboxylic acids is 1. The fourth-order valence-corrected chi connectivity index (χ4v) is 2.12. The van der Waals surface area contributed by atoms with Crippen molar-refractivity contribution in [2.24, 2.45) is 0 Å². The maximum Gasteiger partial charge on any atom is 0.232 e. The van der Waals surface area contributed by atoms with Crippen LogP contribution >= 0.6 is 11.8 Å². The quantitative estimate of drug-likeness (QED) is 0.867. The molecule has 1 heterocycles. The van der Waals surface area contributed by atoms with Gasteiger partial charge < -0.3 is 4.90 Å². The summed E-state index contributed by atoms with van der Waals surface area (Å²) in [7, 11) is 3.37. The number of nitrogens with zero attached hydrogens (tertiary/aromatic N) is 3. The molecule has 0 aliphatic carbocycles. The number of thioether (sulfide) groups is 1. The van der Waals surface area contributed by atoms with Crippen LogP contribution in [0.2, 0.25) is 0 Å². The third kappa shape index (κ3) is 3.31. The Morgan fingerprint density at radius 3 is 2.84 bits per heavy atom. The van der Waals surface area contributed by atoms with E-state index in [1.807, 2.05) is 0 Å². The van der Waals surface area contributed by atoms with Crippen molar-refractivity contribution in [1.29, 1.82) is 0 Å². The summed E-state index contributed by atoms with van der Waals surface area (Å²) in [6, 6.07) is 6.32. The number of aromatic amines is 1. The molecule has 0 saturated heterocycles. The Morgan fingerprint density at radius 2 is 2.16 bits per heavy atom. The zero-order valence-electron chi connectivity index (χ0n) is 10.6. The summed E-state index contributed by atoms with van der Waals surface area (Å²) in [5.41, 5.74) is 0.362. The van der Waals surface area contributed by atoms with E-state index in [1.54, 1.807) is 32.3 Å². The summed E-state index contributed by atoms with van der Waals surface area (Å²) in [5.74, 6) is 0.224. The summed E-state index contributed by atoms with van der Waals surface area (Å²) in [4.78, 5) is 17.1. The van der Waals surface area contributed by atoms with Crippen molar-refractivity contribution >= 4 is 17.7 Å². The highest BCUT2D eigenvalue weighted by Crippen LogP contribution is 2.21. The predicted molar refractivity (Wildman–Crippen MR) is 71.2 cm³/mol. The SMILES string of the molecule is CN(C)C(=O)CSc1n[nH]c(-c2ccccc2F)n1. The normalized spacial score (nSPS) is 10.5. The average Bonchev–Trinajstić information content (AvgIpc) is 2.85. The molecule has 0 radical (unpaired) electrons. The molecule has 5 nitrogen and oxygen atoms in total. The first-order chi connectivity index (χ1) is 9.08. The second kappa shape index (κ2) is 5.83. The van der Waals surface area contributed by atoms with Gasteiger partial charge in [-0.15, -0.1) is 5.10 Å². The van der Waals surface area contributed by atoms with Crippen LogP contribution in [-0.2, 0) is 4.79 Å². The second-order valence-corrected chi connectivity index (χ2v) is 4.97. The van der Waals surface area contributed by atoms with Crippen molar-refractivity contribution < 1.29 is 9.18 Å². The summed E-state index contributed by atoms with van der Waals surface area (Å²) in [6.45, 7) is 0. The Kier molecular flexibility index (Phi) is 4.16. The Morgan fingerprint density at radius 1 is 1.42 bits per heavy atom. The number of H-pyrrole nitrogens is 1. The minimum Gasteiger partial charge on any atom is -0.348 e. The monoisotopic (exact) mass is 280 g/mol. The van der Waals surface area contributed by atoms with E-state index in [2.05, 4.69) is 15.2 Å². The lowest BCUT2D eigenvalue weighted by molar-refractivity contribution is -0.125. The maximum atomic E-state index is 13.5. The van der Waals surface area contributed by atoms with E-state index in [1.165, 1.54) is 22.7 Å². The summed E-state index contributed by atoms with van der Waals surface area (Å²) in [5, 5.41) is 7.05. The van der Waals surface area contributed by atoms with Crippen molar-refractivity contribution in [1.82, 2.24) is 20.1 Å². The zero-order chi connectivity index (χ0) is 13.8. The smallest absolute Gasteiger partial charge is 0.232 e. The molecule has 19 heavy (non-hydrogen) atoms. The van der Waals surface area contributed by atoms with Gasteiger partial charge in [-0.2, -0.15) is 0 Å². The number of nitrogens with one attached hydrogen (secondary N) is 1. The fourth-order valence-electron chi connectivity index (χ4n) is 1.34. The zero-order valence-corrected chi connectivity index (χ0v) is 11.4. The summed E-state index contributed by atoms with van der Waals surface area (Å²) >= 11 is 1.21. The molecule has 0 fully saturated rings. The number of rotatable bonds is 4. The molecule has 0 bridgehead atoms. The fraction of sp³-hybridized carbons (Fsp3) is 0.250. The molecule has 0 aliphatic rings. The third-order valence-corrected chi connectivity index (χ3v) is 3.25. The summed E-state index contributed by atoms with van der Waals surface area (Å²) < 4.78 is 13.5. The highest BCUT2D eigenvalue weighted by atomic mass is 32.2. The van der Waals surface area contributed by atoms with Gasteiger partial charge in [-0.1, -0.05) is 23.9 Å². The molecule has 100 valence electrons. The van der Waals surface area contributed by atoms with Crippen LogP contribution in [0.15, 0.2) is 29.4 Å². The van der Waals surface area contributed by atoms with E-state index >= 15 is 0 Å². The lowest BCUT2D eigenvalue weighted by atomic mass is 10.2. The molecule has 2 aromatic rings. The molecule has 1 N–H and O–H groups in total. The van der Waals surface area contributed by atoms with Crippen LogP contribution < -0.4 is 0 Å². The lowest BCUT2D eigenvalue weighted by Crippen LogP contribution is -2.23. The topological polar surface area (TPSA) is 61.9 Å². The molecule has 2 rings (SSSR count). The van der Waals surface area contributed by atoms with Gasteiger partial charge in [-0.3, -0.25) is 9.89 Å². The van der Waals surface area contributed by atoms with E-state index in [9.17, 15) is 9.18 Å². The minimum atomic E-state index is -0.362. The largest absolute Gasteiger partial charge is 0.348 e. The average molecular weight is 280 g/mol. The third-order valence-electron chi connectivity index (χ3n) is 2.42.